The van der Waals surface area contributed by atoms with Crippen molar-refractivity contribution in [3.05, 3.63) is 63.7 Å². The third-order valence-electron chi connectivity index (χ3n) is 4.42. The SMILES string of the molecule is COc1ccc([N+](=O)[O-])cc1C(=O)OCC(=O)N1c2ccccc2C[C@@H]1C. The van der Waals surface area contributed by atoms with Crippen molar-refractivity contribution in [2.75, 3.05) is 18.6 Å². The lowest BCUT2D eigenvalue weighted by Crippen LogP contribution is -2.38. The van der Waals surface area contributed by atoms with E-state index in [-0.39, 0.29) is 28.9 Å². The predicted octanol–water partition coefficient (Wildman–Crippen LogP) is 2.74. The Balaban J connectivity index is 1.74. The Hall–Kier alpha value is -3.42. The third kappa shape index (κ3) is 3.59. The minimum Gasteiger partial charge on any atom is -0.496 e. The molecule has 8 nitrogen and oxygen atoms in total. The summed E-state index contributed by atoms with van der Waals surface area (Å²) in [6, 6.07) is 11.1. The lowest BCUT2D eigenvalue weighted by Gasteiger charge is -2.22. The number of amides is 1. The first kappa shape index (κ1) is 18.4. The second-order valence-corrected chi connectivity index (χ2v) is 6.16. The molecule has 1 amide bonds. The van der Waals surface area contributed by atoms with Gasteiger partial charge >= 0.3 is 5.97 Å². The van der Waals surface area contributed by atoms with Gasteiger partial charge in [-0.05, 0) is 31.0 Å². The van der Waals surface area contributed by atoms with Gasteiger partial charge < -0.3 is 14.4 Å². The van der Waals surface area contributed by atoms with Crippen LogP contribution >= 0.6 is 0 Å². The summed E-state index contributed by atoms with van der Waals surface area (Å²) in [5.41, 5.74) is 1.49. The molecule has 2 aromatic rings. The average Bonchev–Trinajstić information content (AvgIpc) is 3.00. The number of anilines is 1. The van der Waals surface area contributed by atoms with E-state index in [1.54, 1.807) is 4.90 Å². The number of nitro groups is 1. The van der Waals surface area contributed by atoms with Crippen molar-refractivity contribution in [2.24, 2.45) is 0 Å². The topological polar surface area (TPSA) is 99.0 Å². The van der Waals surface area contributed by atoms with Crippen molar-refractivity contribution in [3.63, 3.8) is 0 Å². The molecule has 3 rings (SSSR count). The molecule has 0 aliphatic carbocycles. The minimum atomic E-state index is -0.857. The van der Waals surface area contributed by atoms with Gasteiger partial charge in [0.15, 0.2) is 6.61 Å². The number of hydrogen-bond donors (Lipinski definition) is 0. The lowest BCUT2D eigenvalue weighted by molar-refractivity contribution is -0.384. The summed E-state index contributed by atoms with van der Waals surface area (Å²) in [7, 11) is 1.34. The standard InChI is InChI=1S/C19H18N2O6/c1-12-9-13-5-3-4-6-16(13)20(12)18(22)11-27-19(23)15-10-14(21(24)25)7-8-17(15)26-2/h3-8,10,12H,9,11H2,1-2H3/t12-/m0/s1. The number of carbonyl (C=O) groups is 2. The van der Waals surface area contributed by atoms with Crippen LogP contribution in [-0.4, -0.2) is 36.6 Å². The molecule has 8 heteroatoms. The van der Waals surface area contributed by atoms with E-state index in [0.717, 1.165) is 23.7 Å². The number of nitro benzene ring substituents is 1. The van der Waals surface area contributed by atoms with Crippen molar-refractivity contribution in [1.29, 1.82) is 0 Å². The minimum absolute atomic E-state index is 0.0408. The van der Waals surface area contributed by atoms with Crippen LogP contribution in [0.1, 0.15) is 22.8 Å². The Morgan fingerprint density at radius 2 is 2.00 bits per heavy atom. The number of esters is 1. The Morgan fingerprint density at radius 1 is 1.26 bits per heavy atom. The van der Waals surface area contributed by atoms with Gasteiger partial charge in [0.2, 0.25) is 0 Å². The highest BCUT2D eigenvalue weighted by Crippen LogP contribution is 2.32. The van der Waals surface area contributed by atoms with Gasteiger partial charge in [0.05, 0.1) is 12.0 Å². The van der Waals surface area contributed by atoms with Crippen LogP contribution in [0.5, 0.6) is 5.75 Å². The molecule has 0 spiro atoms. The summed E-state index contributed by atoms with van der Waals surface area (Å²) < 4.78 is 10.2. The summed E-state index contributed by atoms with van der Waals surface area (Å²) in [4.78, 5) is 36.8. The van der Waals surface area contributed by atoms with Crippen molar-refractivity contribution in [1.82, 2.24) is 0 Å². The first-order valence-corrected chi connectivity index (χ1v) is 8.32. The van der Waals surface area contributed by atoms with Gasteiger partial charge in [-0.25, -0.2) is 4.79 Å². The van der Waals surface area contributed by atoms with Crippen molar-refractivity contribution in [2.45, 2.75) is 19.4 Å². The van der Waals surface area contributed by atoms with Crippen molar-refractivity contribution >= 4 is 23.3 Å². The van der Waals surface area contributed by atoms with Crippen LogP contribution in [0.3, 0.4) is 0 Å². The van der Waals surface area contributed by atoms with E-state index in [1.807, 2.05) is 31.2 Å². The first-order chi connectivity index (χ1) is 12.9. The molecule has 0 fully saturated rings. The Morgan fingerprint density at radius 3 is 2.70 bits per heavy atom. The van der Waals surface area contributed by atoms with Crippen molar-refractivity contribution < 1.29 is 24.0 Å². The van der Waals surface area contributed by atoms with Gasteiger partial charge in [0.1, 0.15) is 11.3 Å². The van der Waals surface area contributed by atoms with Crippen LogP contribution in [0.4, 0.5) is 11.4 Å². The number of para-hydroxylation sites is 1. The molecule has 0 saturated heterocycles. The summed E-state index contributed by atoms with van der Waals surface area (Å²) in [6.07, 6.45) is 0.731. The lowest BCUT2D eigenvalue weighted by atomic mass is 10.1. The van der Waals surface area contributed by atoms with Crippen LogP contribution in [-0.2, 0) is 16.0 Å². The molecular weight excluding hydrogens is 352 g/mol. The van der Waals surface area contributed by atoms with Crippen LogP contribution in [0, 0.1) is 10.1 Å². The molecule has 0 bridgehead atoms. The number of non-ortho nitro benzene ring substituents is 1. The molecule has 0 saturated carbocycles. The molecule has 1 heterocycles. The van der Waals surface area contributed by atoms with Crippen LogP contribution in [0.15, 0.2) is 42.5 Å². The normalized spacial score (nSPS) is 15.2. The van der Waals surface area contributed by atoms with E-state index in [4.69, 9.17) is 9.47 Å². The van der Waals surface area contributed by atoms with Gasteiger partial charge in [-0.1, -0.05) is 18.2 Å². The van der Waals surface area contributed by atoms with E-state index < -0.39 is 17.5 Å². The number of benzene rings is 2. The number of carbonyl (C=O) groups excluding carboxylic acids is 2. The quantitative estimate of drug-likeness (QED) is 0.456. The van der Waals surface area contributed by atoms with Gasteiger partial charge in [0, 0.05) is 23.9 Å². The summed E-state index contributed by atoms with van der Waals surface area (Å²) in [5, 5.41) is 10.9. The number of ether oxygens (including phenoxy) is 2. The Bertz CT molecular complexity index is 911. The number of rotatable bonds is 5. The molecule has 0 unspecified atom stereocenters. The Kier molecular flexibility index (Phi) is 5.07. The van der Waals surface area contributed by atoms with Crippen LogP contribution in [0.2, 0.25) is 0 Å². The predicted molar refractivity (Wildman–Crippen MR) is 97.0 cm³/mol. The zero-order valence-electron chi connectivity index (χ0n) is 14.9. The zero-order chi connectivity index (χ0) is 19.6. The van der Waals surface area contributed by atoms with E-state index in [1.165, 1.54) is 19.2 Å². The molecular formula is C19H18N2O6. The molecule has 0 aromatic heterocycles. The number of nitrogens with zero attached hydrogens (tertiary/aromatic N) is 2. The fourth-order valence-electron chi connectivity index (χ4n) is 3.19. The third-order valence-corrected chi connectivity index (χ3v) is 4.42. The maximum atomic E-state index is 12.6. The smallest absolute Gasteiger partial charge is 0.342 e. The molecule has 0 N–H and O–H groups in total. The summed E-state index contributed by atoms with van der Waals surface area (Å²) >= 11 is 0. The average molecular weight is 370 g/mol. The molecule has 2 aromatic carbocycles. The Labute approximate surface area is 155 Å². The monoisotopic (exact) mass is 370 g/mol. The fourth-order valence-corrected chi connectivity index (χ4v) is 3.19. The molecule has 1 aliphatic rings. The molecule has 1 aliphatic heterocycles. The number of hydrogen-bond acceptors (Lipinski definition) is 6. The maximum Gasteiger partial charge on any atom is 0.342 e. The largest absolute Gasteiger partial charge is 0.496 e. The molecule has 140 valence electrons. The first-order valence-electron chi connectivity index (χ1n) is 8.32. The van der Waals surface area contributed by atoms with Gasteiger partial charge in [-0.2, -0.15) is 0 Å². The van der Waals surface area contributed by atoms with Gasteiger partial charge in [-0.3, -0.25) is 14.9 Å². The summed E-state index contributed by atoms with van der Waals surface area (Å²) in [5.74, 6) is -1.08. The van der Waals surface area contributed by atoms with Crippen LogP contribution in [0.25, 0.3) is 0 Å². The second kappa shape index (κ2) is 7.45. The fraction of sp³-hybridized carbons (Fsp3) is 0.263. The highest BCUT2D eigenvalue weighted by atomic mass is 16.6. The van der Waals surface area contributed by atoms with E-state index in [9.17, 15) is 19.7 Å². The van der Waals surface area contributed by atoms with Gasteiger partial charge in [-0.15, -0.1) is 0 Å². The van der Waals surface area contributed by atoms with E-state index in [0.29, 0.717) is 0 Å². The molecule has 1 atom stereocenters. The van der Waals surface area contributed by atoms with E-state index in [2.05, 4.69) is 0 Å². The second-order valence-electron chi connectivity index (χ2n) is 6.16. The van der Waals surface area contributed by atoms with Crippen LogP contribution < -0.4 is 9.64 Å². The summed E-state index contributed by atoms with van der Waals surface area (Å²) in [6.45, 7) is 1.45. The molecule has 27 heavy (non-hydrogen) atoms. The van der Waals surface area contributed by atoms with Gasteiger partial charge in [0.25, 0.3) is 11.6 Å². The molecule has 0 radical (unpaired) electrons. The number of fused-ring (bicyclic) bond motifs is 1. The van der Waals surface area contributed by atoms with Crippen molar-refractivity contribution in [3.8, 4) is 5.75 Å². The zero-order valence-corrected chi connectivity index (χ0v) is 14.9. The highest BCUT2D eigenvalue weighted by Gasteiger charge is 2.31. The van der Waals surface area contributed by atoms with E-state index >= 15 is 0 Å². The highest BCUT2D eigenvalue weighted by molar-refractivity contribution is 5.99. The number of methoxy groups -OCH3 is 1. The maximum absolute atomic E-state index is 12.6.